The lowest BCUT2D eigenvalue weighted by atomic mass is 10.0. The van der Waals surface area contributed by atoms with Gasteiger partial charge in [-0.1, -0.05) is 36.4 Å². The molecule has 32 heavy (non-hydrogen) atoms. The smallest absolute Gasteiger partial charge is 0.326 e. The van der Waals surface area contributed by atoms with E-state index in [4.69, 9.17) is 4.74 Å². The topological polar surface area (TPSA) is 66.8 Å². The Morgan fingerprint density at radius 3 is 2.19 bits per heavy atom. The zero-order chi connectivity index (χ0) is 23.5. The largest absolute Gasteiger partial charge is 0.507 e. The minimum atomic E-state index is -1.04. The molecule has 0 heterocycles. The standard InChI is InChI=1S/C25H23F2NO4/c1-25(2,3)32-22(30)15-28(24(31)23-19(26)11-7-12-20(23)27)17-9-6-8-16(14-17)18-10-4-5-13-21(18)29/h4-14,29H,15H2,1-3H3. The molecule has 0 fully saturated rings. The summed E-state index contributed by atoms with van der Waals surface area (Å²) < 4.78 is 34.0. The van der Waals surface area contributed by atoms with Gasteiger partial charge in [0.15, 0.2) is 0 Å². The molecular weight excluding hydrogens is 416 g/mol. The molecule has 0 saturated carbocycles. The first kappa shape index (κ1) is 22.9. The second kappa shape index (κ2) is 9.18. The van der Waals surface area contributed by atoms with Crippen LogP contribution in [0.1, 0.15) is 31.1 Å². The second-order valence-corrected chi connectivity index (χ2v) is 8.14. The van der Waals surface area contributed by atoms with E-state index in [1.54, 1.807) is 57.2 Å². The number of hydrogen-bond donors (Lipinski definition) is 1. The predicted molar refractivity (Wildman–Crippen MR) is 117 cm³/mol. The number of phenolic OH excluding ortho intramolecular Hbond substituents is 1. The van der Waals surface area contributed by atoms with Gasteiger partial charge >= 0.3 is 5.97 Å². The van der Waals surface area contributed by atoms with E-state index in [1.807, 2.05) is 0 Å². The maximum absolute atomic E-state index is 14.3. The summed E-state index contributed by atoms with van der Waals surface area (Å²) >= 11 is 0. The molecule has 0 aliphatic carbocycles. The lowest BCUT2D eigenvalue weighted by Crippen LogP contribution is -2.39. The number of esters is 1. The first-order valence-corrected chi connectivity index (χ1v) is 9.93. The summed E-state index contributed by atoms with van der Waals surface area (Å²) in [6.07, 6.45) is 0. The molecule has 3 rings (SSSR count). The van der Waals surface area contributed by atoms with Crippen molar-refractivity contribution >= 4 is 17.6 Å². The van der Waals surface area contributed by atoms with Crippen molar-refractivity contribution in [2.45, 2.75) is 26.4 Å². The summed E-state index contributed by atoms with van der Waals surface area (Å²) in [6, 6.07) is 16.1. The molecule has 0 bridgehead atoms. The molecule has 0 unspecified atom stereocenters. The van der Waals surface area contributed by atoms with Gasteiger partial charge in [-0.3, -0.25) is 14.5 Å². The highest BCUT2D eigenvalue weighted by Gasteiger charge is 2.28. The molecule has 1 N–H and O–H groups in total. The number of nitrogens with zero attached hydrogens (tertiary/aromatic N) is 1. The number of hydrogen-bond acceptors (Lipinski definition) is 4. The van der Waals surface area contributed by atoms with Gasteiger partial charge in [-0.2, -0.15) is 0 Å². The Morgan fingerprint density at radius 1 is 0.938 bits per heavy atom. The third-order valence-electron chi connectivity index (χ3n) is 4.50. The fraction of sp³-hybridized carbons (Fsp3) is 0.200. The summed E-state index contributed by atoms with van der Waals surface area (Å²) in [5, 5.41) is 10.2. The van der Waals surface area contributed by atoms with Crippen molar-refractivity contribution in [2.75, 3.05) is 11.4 Å². The number of ether oxygens (including phenoxy) is 1. The molecule has 0 aliphatic rings. The van der Waals surface area contributed by atoms with Gasteiger partial charge in [-0.05, 0) is 56.7 Å². The van der Waals surface area contributed by atoms with E-state index in [9.17, 15) is 23.5 Å². The number of amides is 1. The van der Waals surface area contributed by atoms with Crippen LogP contribution in [-0.4, -0.2) is 29.1 Å². The monoisotopic (exact) mass is 439 g/mol. The van der Waals surface area contributed by atoms with Crippen molar-refractivity contribution in [2.24, 2.45) is 0 Å². The maximum Gasteiger partial charge on any atom is 0.326 e. The fourth-order valence-corrected chi connectivity index (χ4v) is 3.18. The molecule has 0 spiro atoms. The van der Waals surface area contributed by atoms with E-state index in [-0.39, 0.29) is 11.4 Å². The SMILES string of the molecule is CC(C)(C)OC(=O)CN(C(=O)c1c(F)cccc1F)c1cccc(-c2ccccc2O)c1. The molecule has 0 radical (unpaired) electrons. The van der Waals surface area contributed by atoms with Gasteiger partial charge in [0.2, 0.25) is 0 Å². The second-order valence-electron chi connectivity index (χ2n) is 8.14. The number of benzene rings is 3. The highest BCUT2D eigenvalue weighted by atomic mass is 19.1. The molecule has 0 saturated heterocycles. The summed E-state index contributed by atoms with van der Waals surface area (Å²) in [4.78, 5) is 26.7. The molecule has 0 aromatic heterocycles. The van der Waals surface area contributed by atoms with Gasteiger partial charge in [0.1, 0.15) is 35.1 Å². The van der Waals surface area contributed by atoms with Crippen LogP contribution in [0, 0.1) is 11.6 Å². The minimum absolute atomic E-state index is 0.0230. The molecule has 3 aromatic carbocycles. The fourth-order valence-electron chi connectivity index (χ4n) is 3.18. The Kier molecular flexibility index (Phi) is 6.58. The normalized spacial score (nSPS) is 11.2. The average Bonchev–Trinajstić information content (AvgIpc) is 2.71. The summed E-state index contributed by atoms with van der Waals surface area (Å²) in [5.41, 5.74) is -0.326. The van der Waals surface area contributed by atoms with E-state index < -0.39 is 41.2 Å². The van der Waals surface area contributed by atoms with Crippen LogP contribution in [0.3, 0.4) is 0 Å². The predicted octanol–water partition coefficient (Wildman–Crippen LogP) is 5.33. The zero-order valence-corrected chi connectivity index (χ0v) is 17.9. The molecule has 7 heteroatoms. The van der Waals surface area contributed by atoms with E-state index in [2.05, 4.69) is 0 Å². The number of carbonyl (C=O) groups is 2. The van der Waals surface area contributed by atoms with E-state index >= 15 is 0 Å². The van der Waals surface area contributed by atoms with Crippen molar-refractivity contribution < 1.29 is 28.2 Å². The Labute approximate surface area is 184 Å². The average molecular weight is 439 g/mol. The minimum Gasteiger partial charge on any atom is -0.507 e. The number of para-hydroxylation sites is 1. The van der Waals surface area contributed by atoms with E-state index in [1.165, 1.54) is 12.1 Å². The number of aromatic hydroxyl groups is 1. The van der Waals surface area contributed by atoms with E-state index in [0.29, 0.717) is 11.1 Å². The van der Waals surface area contributed by atoms with Crippen LogP contribution < -0.4 is 4.90 Å². The zero-order valence-electron chi connectivity index (χ0n) is 17.9. The van der Waals surface area contributed by atoms with Crippen LogP contribution in [0.25, 0.3) is 11.1 Å². The van der Waals surface area contributed by atoms with Gasteiger partial charge in [0.05, 0.1) is 0 Å². The third kappa shape index (κ3) is 5.29. The van der Waals surface area contributed by atoms with Crippen molar-refractivity contribution in [3.63, 3.8) is 0 Å². The van der Waals surface area contributed by atoms with Gasteiger partial charge in [-0.25, -0.2) is 8.78 Å². The van der Waals surface area contributed by atoms with Crippen molar-refractivity contribution in [3.8, 4) is 16.9 Å². The van der Waals surface area contributed by atoms with Gasteiger partial charge < -0.3 is 9.84 Å². The molecule has 3 aromatic rings. The number of anilines is 1. The Balaban J connectivity index is 2.07. The van der Waals surface area contributed by atoms with Crippen molar-refractivity contribution in [1.29, 1.82) is 0 Å². The van der Waals surface area contributed by atoms with Crippen molar-refractivity contribution in [3.05, 3.63) is 83.9 Å². The highest BCUT2D eigenvalue weighted by molar-refractivity contribution is 6.09. The van der Waals surface area contributed by atoms with Crippen LogP contribution in [0.15, 0.2) is 66.7 Å². The van der Waals surface area contributed by atoms with Gasteiger partial charge in [0, 0.05) is 11.3 Å². The Hall–Kier alpha value is -3.74. The van der Waals surface area contributed by atoms with Crippen molar-refractivity contribution in [1.82, 2.24) is 0 Å². The molecular formula is C25H23F2NO4. The van der Waals surface area contributed by atoms with Crippen LogP contribution in [0.5, 0.6) is 5.75 Å². The molecule has 5 nitrogen and oxygen atoms in total. The first-order chi connectivity index (χ1) is 15.1. The molecule has 0 aliphatic heterocycles. The highest BCUT2D eigenvalue weighted by Crippen LogP contribution is 2.32. The first-order valence-electron chi connectivity index (χ1n) is 9.93. The number of carbonyl (C=O) groups excluding carboxylic acids is 2. The van der Waals surface area contributed by atoms with E-state index in [0.717, 1.165) is 23.1 Å². The Bertz CT molecular complexity index is 1130. The van der Waals surface area contributed by atoms with Crippen LogP contribution in [0.2, 0.25) is 0 Å². The summed E-state index contributed by atoms with van der Waals surface area (Å²) in [5.74, 6) is -3.83. The number of halogens is 2. The maximum atomic E-state index is 14.3. The van der Waals surface area contributed by atoms with Crippen LogP contribution >= 0.6 is 0 Å². The molecule has 166 valence electrons. The number of rotatable bonds is 5. The quantitative estimate of drug-likeness (QED) is 0.546. The lowest BCUT2D eigenvalue weighted by Gasteiger charge is -2.26. The van der Waals surface area contributed by atoms with Gasteiger partial charge in [0.25, 0.3) is 5.91 Å². The third-order valence-corrected chi connectivity index (χ3v) is 4.50. The van der Waals surface area contributed by atoms with Gasteiger partial charge in [-0.15, -0.1) is 0 Å². The molecule has 1 amide bonds. The number of phenols is 1. The Morgan fingerprint density at radius 2 is 1.56 bits per heavy atom. The van der Waals surface area contributed by atoms with Crippen LogP contribution in [-0.2, 0) is 9.53 Å². The summed E-state index contributed by atoms with van der Waals surface area (Å²) in [7, 11) is 0. The summed E-state index contributed by atoms with van der Waals surface area (Å²) in [6.45, 7) is 4.46. The van der Waals surface area contributed by atoms with Crippen LogP contribution in [0.4, 0.5) is 14.5 Å². The lowest BCUT2D eigenvalue weighted by molar-refractivity contribution is -0.152. The molecule has 0 atom stereocenters.